The van der Waals surface area contributed by atoms with E-state index in [1.54, 1.807) is 19.1 Å². The van der Waals surface area contributed by atoms with Gasteiger partial charge >= 0.3 is 5.97 Å². The molecule has 19 heavy (non-hydrogen) atoms. The molecule has 1 saturated carbocycles. The molecule has 1 fully saturated rings. The molecular weight excluding hydrogens is 240 g/mol. The molecular formula is C16H22O3. The number of aliphatic hydroxyl groups is 1. The van der Waals surface area contributed by atoms with E-state index in [1.807, 2.05) is 18.2 Å². The molecule has 2 rings (SSSR count). The first-order chi connectivity index (χ1) is 9.18. The van der Waals surface area contributed by atoms with E-state index in [4.69, 9.17) is 4.74 Å². The monoisotopic (exact) mass is 262 g/mol. The van der Waals surface area contributed by atoms with Gasteiger partial charge in [-0.2, -0.15) is 0 Å². The van der Waals surface area contributed by atoms with E-state index in [9.17, 15) is 9.90 Å². The first kappa shape index (κ1) is 14.1. The summed E-state index contributed by atoms with van der Waals surface area (Å²) < 4.78 is 5.29. The standard InChI is InChI=1S/C16H22O3/c1-12(15(17)13-8-4-2-5-9-13)16(18)19-14-10-6-3-7-11-14/h3,6-7,10-13,15,17H,2,4-5,8-9H2,1H3. The minimum absolute atomic E-state index is 0.243. The second-order valence-corrected chi connectivity index (χ2v) is 5.41. The quantitative estimate of drug-likeness (QED) is 0.669. The molecule has 0 radical (unpaired) electrons. The van der Waals surface area contributed by atoms with Gasteiger partial charge in [0.25, 0.3) is 0 Å². The number of hydrogen-bond donors (Lipinski definition) is 1. The molecule has 1 aromatic carbocycles. The van der Waals surface area contributed by atoms with Crippen LogP contribution in [0.15, 0.2) is 30.3 Å². The molecule has 0 aliphatic heterocycles. The third kappa shape index (κ3) is 3.80. The highest BCUT2D eigenvalue weighted by atomic mass is 16.5. The molecule has 104 valence electrons. The van der Waals surface area contributed by atoms with Gasteiger partial charge in [0, 0.05) is 0 Å². The summed E-state index contributed by atoms with van der Waals surface area (Å²) in [5, 5.41) is 10.3. The predicted molar refractivity (Wildman–Crippen MR) is 73.8 cm³/mol. The summed E-state index contributed by atoms with van der Waals surface area (Å²) in [7, 11) is 0. The van der Waals surface area contributed by atoms with Gasteiger partial charge in [0.2, 0.25) is 0 Å². The Balaban J connectivity index is 1.90. The van der Waals surface area contributed by atoms with Crippen molar-refractivity contribution in [3.63, 3.8) is 0 Å². The summed E-state index contributed by atoms with van der Waals surface area (Å²) in [6, 6.07) is 9.02. The van der Waals surface area contributed by atoms with E-state index in [2.05, 4.69) is 0 Å². The summed E-state index contributed by atoms with van der Waals surface area (Å²) in [5.74, 6) is -0.0325. The van der Waals surface area contributed by atoms with Gasteiger partial charge in [-0.3, -0.25) is 4.79 Å². The molecule has 2 unspecified atom stereocenters. The van der Waals surface area contributed by atoms with E-state index in [-0.39, 0.29) is 11.9 Å². The van der Waals surface area contributed by atoms with Crippen LogP contribution < -0.4 is 4.74 Å². The molecule has 2 atom stereocenters. The predicted octanol–water partition coefficient (Wildman–Crippen LogP) is 3.17. The van der Waals surface area contributed by atoms with Crippen LogP contribution in [0.1, 0.15) is 39.0 Å². The van der Waals surface area contributed by atoms with E-state index >= 15 is 0 Å². The Morgan fingerprint density at radius 2 is 1.84 bits per heavy atom. The summed E-state index contributed by atoms with van der Waals surface area (Å²) in [5.41, 5.74) is 0. The van der Waals surface area contributed by atoms with Crippen molar-refractivity contribution in [3.05, 3.63) is 30.3 Å². The van der Waals surface area contributed by atoms with Crippen LogP contribution in [0, 0.1) is 11.8 Å². The number of rotatable bonds is 4. The van der Waals surface area contributed by atoms with Crippen LogP contribution in [-0.4, -0.2) is 17.2 Å². The van der Waals surface area contributed by atoms with Crippen LogP contribution in [0.5, 0.6) is 5.75 Å². The molecule has 0 aromatic heterocycles. The number of carbonyl (C=O) groups is 1. The van der Waals surface area contributed by atoms with Crippen LogP contribution >= 0.6 is 0 Å². The first-order valence-corrected chi connectivity index (χ1v) is 7.13. The molecule has 1 aliphatic rings. The Hall–Kier alpha value is -1.35. The number of benzene rings is 1. The first-order valence-electron chi connectivity index (χ1n) is 7.13. The van der Waals surface area contributed by atoms with Crippen LogP contribution in [0.25, 0.3) is 0 Å². The molecule has 3 heteroatoms. The molecule has 0 saturated heterocycles. The minimum atomic E-state index is -0.587. The molecule has 0 amide bonds. The zero-order valence-electron chi connectivity index (χ0n) is 11.4. The highest BCUT2D eigenvalue weighted by molar-refractivity contribution is 5.75. The lowest BCUT2D eigenvalue weighted by atomic mass is 9.81. The maximum Gasteiger partial charge on any atom is 0.316 e. The van der Waals surface area contributed by atoms with E-state index in [0.29, 0.717) is 5.75 Å². The smallest absolute Gasteiger partial charge is 0.316 e. The van der Waals surface area contributed by atoms with Crippen molar-refractivity contribution in [2.45, 2.75) is 45.1 Å². The Morgan fingerprint density at radius 3 is 2.47 bits per heavy atom. The molecule has 0 bridgehead atoms. The van der Waals surface area contributed by atoms with E-state index in [0.717, 1.165) is 25.7 Å². The Kier molecular flexibility index (Phi) is 4.97. The van der Waals surface area contributed by atoms with Crippen molar-refractivity contribution >= 4 is 5.97 Å². The fourth-order valence-corrected chi connectivity index (χ4v) is 2.72. The maximum absolute atomic E-state index is 12.0. The second-order valence-electron chi connectivity index (χ2n) is 5.41. The van der Waals surface area contributed by atoms with Crippen molar-refractivity contribution < 1.29 is 14.6 Å². The van der Waals surface area contributed by atoms with Crippen molar-refractivity contribution in [2.24, 2.45) is 11.8 Å². The lowest BCUT2D eigenvalue weighted by Gasteiger charge is -2.29. The van der Waals surface area contributed by atoms with E-state index in [1.165, 1.54) is 6.42 Å². The number of carbonyl (C=O) groups excluding carboxylic acids is 1. The number of para-hydroxylation sites is 1. The van der Waals surface area contributed by atoms with Crippen molar-refractivity contribution in [1.82, 2.24) is 0 Å². The highest BCUT2D eigenvalue weighted by Crippen LogP contribution is 2.30. The number of aliphatic hydroxyl groups excluding tert-OH is 1. The molecule has 1 aromatic rings. The van der Waals surface area contributed by atoms with Gasteiger partial charge in [-0.25, -0.2) is 0 Å². The number of ether oxygens (including phenoxy) is 1. The van der Waals surface area contributed by atoms with Gasteiger partial charge in [0.15, 0.2) is 0 Å². The Morgan fingerprint density at radius 1 is 1.21 bits per heavy atom. The summed E-state index contributed by atoms with van der Waals surface area (Å²) in [6.07, 6.45) is 5.00. The molecule has 1 N–H and O–H groups in total. The van der Waals surface area contributed by atoms with Gasteiger partial charge in [0.1, 0.15) is 5.75 Å². The molecule has 1 aliphatic carbocycles. The highest BCUT2D eigenvalue weighted by Gasteiger charge is 2.31. The number of hydrogen-bond acceptors (Lipinski definition) is 3. The average Bonchev–Trinajstić information content (AvgIpc) is 2.47. The largest absolute Gasteiger partial charge is 0.426 e. The number of esters is 1. The average molecular weight is 262 g/mol. The van der Waals surface area contributed by atoms with E-state index < -0.39 is 12.0 Å². The third-order valence-corrected chi connectivity index (χ3v) is 3.98. The maximum atomic E-state index is 12.0. The van der Waals surface area contributed by atoms with Gasteiger partial charge < -0.3 is 9.84 Å². The van der Waals surface area contributed by atoms with Gasteiger partial charge in [-0.1, -0.05) is 37.5 Å². The fraction of sp³-hybridized carbons (Fsp3) is 0.562. The Labute approximate surface area is 114 Å². The van der Waals surface area contributed by atoms with Gasteiger partial charge in [0.05, 0.1) is 12.0 Å². The summed E-state index contributed by atoms with van der Waals surface area (Å²) in [4.78, 5) is 12.0. The minimum Gasteiger partial charge on any atom is -0.426 e. The van der Waals surface area contributed by atoms with Crippen LogP contribution in [0.4, 0.5) is 0 Å². The van der Waals surface area contributed by atoms with Crippen LogP contribution in [0.3, 0.4) is 0 Å². The normalized spacial score (nSPS) is 19.7. The summed E-state index contributed by atoms with van der Waals surface area (Å²) in [6.45, 7) is 1.75. The van der Waals surface area contributed by atoms with Crippen molar-refractivity contribution in [2.75, 3.05) is 0 Å². The van der Waals surface area contributed by atoms with Crippen LogP contribution in [0.2, 0.25) is 0 Å². The zero-order chi connectivity index (χ0) is 13.7. The van der Waals surface area contributed by atoms with Gasteiger partial charge in [-0.15, -0.1) is 0 Å². The molecule has 3 nitrogen and oxygen atoms in total. The zero-order valence-corrected chi connectivity index (χ0v) is 11.4. The summed E-state index contributed by atoms with van der Waals surface area (Å²) >= 11 is 0. The second kappa shape index (κ2) is 6.71. The van der Waals surface area contributed by atoms with Gasteiger partial charge in [-0.05, 0) is 37.8 Å². The molecule has 0 spiro atoms. The SMILES string of the molecule is CC(C(=O)Oc1ccccc1)C(O)C1CCCCC1. The molecule has 0 heterocycles. The Bertz CT molecular complexity index is 396. The topological polar surface area (TPSA) is 46.5 Å². The van der Waals surface area contributed by atoms with Crippen molar-refractivity contribution in [1.29, 1.82) is 0 Å². The van der Waals surface area contributed by atoms with Crippen LogP contribution in [-0.2, 0) is 4.79 Å². The third-order valence-electron chi connectivity index (χ3n) is 3.98. The fourth-order valence-electron chi connectivity index (χ4n) is 2.72. The lowest BCUT2D eigenvalue weighted by molar-refractivity contribution is -0.143. The lowest BCUT2D eigenvalue weighted by Crippen LogP contribution is -2.35. The van der Waals surface area contributed by atoms with Crippen molar-refractivity contribution in [3.8, 4) is 5.75 Å².